The highest BCUT2D eigenvalue weighted by molar-refractivity contribution is 5.99. The molecule has 7 heteroatoms. The number of nitrogens with one attached hydrogen (secondary N) is 1. The first kappa shape index (κ1) is 20.2. The third-order valence-electron chi connectivity index (χ3n) is 4.94. The summed E-state index contributed by atoms with van der Waals surface area (Å²) >= 11 is 0. The SMILES string of the molecule is Cc1cccc(-c2ncc(C(=O)NCCN(C)C)c(N3CCN(C)CC3)n2)c1. The molecule has 7 nitrogen and oxygen atoms in total. The molecule has 1 aromatic carbocycles. The molecule has 150 valence electrons. The third-order valence-corrected chi connectivity index (χ3v) is 4.94. The topological polar surface area (TPSA) is 64.6 Å². The molecule has 3 rings (SSSR count). The van der Waals surface area contributed by atoms with Crippen LogP contribution in [0.1, 0.15) is 15.9 Å². The van der Waals surface area contributed by atoms with Crippen molar-refractivity contribution in [2.24, 2.45) is 0 Å². The number of nitrogens with zero attached hydrogens (tertiary/aromatic N) is 5. The standard InChI is InChI=1S/C21H30N6O/c1-16-6-5-7-17(14-16)19-23-15-18(21(28)22-8-9-25(2)3)20(24-19)27-12-10-26(4)11-13-27/h5-7,14-15H,8-13H2,1-4H3,(H,22,28). The quantitative estimate of drug-likeness (QED) is 0.817. The molecule has 1 N–H and O–H groups in total. The van der Waals surface area contributed by atoms with Gasteiger partial charge >= 0.3 is 0 Å². The molecule has 2 heterocycles. The van der Waals surface area contributed by atoms with Crippen molar-refractivity contribution < 1.29 is 4.79 Å². The summed E-state index contributed by atoms with van der Waals surface area (Å²) in [5.74, 6) is 1.26. The number of carbonyl (C=O) groups is 1. The van der Waals surface area contributed by atoms with E-state index in [0.29, 0.717) is 17.9 Å². The highest BCUT2D eigenvalue weighted by atomic mass is 16.1. The number of piperazine rings is 1. The van der Waals surface area contributed by atoms with Crippen molar-refractivity contribution in [3.8, 4) is 11.4 Å². The van der Waals surface area contributed by atoms with E-state index >= 15 is 0 Å². The van der Waals surface area contributed by atoms with E-state index in [4.69, 9.17) is 4.98 Å². The van der Waals surface area contributed by atoms with Crippen LogP contribution in [0.3, 0.4) is 0 Å². The predicted molar refractivity (Wildman–Crippen MR) is 113 cm³/mol. The summed E-state index contributed by atoms with van der Waals surface area (Å²) < 4.78 is 0. The summed E-state index contributed by atoms with van der Waals surface area (Å²) in [6.07, 6.45) is 1.67. The van der Waals surface area contributed by atoms with E-state index < -0.39 is 0 Å². The van der Waals surface area contributed by atoms with Crippen LogP contribution in [0.15, 0.2) is 30.5 Å². The van der Waals surface area contributed by atoms with Crippen LogP contribution in [0.5, 0.6) is 0 Å². The molecular weight excluding hydrogens is 352 g/mol. The van der Waals surface area contributed by atoms with Gasteiger partial charge in [0.05, 0.1) is 0 Å². The first-order valence-corrected chi connectivity index (χ1v) is 9.74. The third kappa shape index (κ3) is 5.05. The Hall–Kier alpha value is -2.51. The van der Waals surface area contributed by atoms with Crippen LogP contribution in [0.2, 0.25) is 0 Å². The molecule has 0 saturated carbocycles. The van der Waals surface area contributed by atoms with E-state index in [9.17, 15) is 4.79 Å². The van der Waals surface area contributed by atoms with Gasteiger partial charge in [-0.25, -0.2) is 9.97 Å². The lowest BCUT2D eigenvalue weighted by Gasteiger charge is -2.34. The number of likely N-dealkylation sites (N-methyl/N-ethyl adjacent to an activating group) is 2. The summed E-state index contributed by atoms with van der Waals surface area (Å²) in [5.41, 5.74) is 2.67. The van der Waals surface area contributed by atoms with Crippen molar-refractivity contribution >= 4 is 11.7 Å². The van der Waals surface area contributed by atoms with Crippen molar-refractivity contribution in [1.82, 2.24) is 25.1 Å². The zero-order valence-corrected chi connectivity index (χ0v) is 17.3. The number of carbonyl (C=O) groups excluding carboxylic acids is 1. The minimum Gasteiger partial charge on any atom is -0.353 e. The molecule has 2 aromatic rings. The zero-order valence-electron chi connectivity index (χ0n) is 17.3. The van der Waals surface area contributed by atoms with Gasteiger partial charge in [-0.3, -0.25) is 4.79 Å². The van der Waals surface area contributed by atoms with Crippen LogP contribution in [0.25, 0.3) is 11.4 Å². The van der Waals surface area contributed by atoms with Crippen molar-refractivity contribution in [3.05, 3.63) is 41.6 Å². The molecule has 0 aliphatic carbocycles. The fourth-order valence-electron chi connectivity index (χ4n) is 3.20. The number of aromatic nitrogens is 2. The number of hydrogen-bond acceptors (Lipinski definition) is 6. The summed E-state index contributed by atoms with van der Waals surface area (Å²) in [6.45, 7) is 7.03. The van der Waals surface area contributed by atoms with E-state index in [2.05, 4.69) is 46.2 Å². The lowest BCUT2D eigenvalue weighted by Crippen LogP contribution is -2.45. The minimum atomic E-state index is -0.119. The summed E-state index contributed by atoms with van der Waals surface area (Å²) in [6, 6.07) is 8.13. The van der Waals surface area contributed by atoms with Gasteiger partial charge in [-0.1, -0.05) is 23.8 Å². The molecule has 0 radical (unpaired) electrons. The Bertz CT molecular complexity index is 814. The van der Waals surface area contributed by atoms with Gasteiger partial charge in [0, 0.05) is 51.0 Å². The summed E-state index contributed by atoms with van der Waals surface area (Å²) in [4.78, 5) is 28.7. The van der Waals surface area contributed by atoms with E-state index in [1.165, 1.54) is 0 Å². The van der Waals surface area contributed by atoms with Crippen LogP contribution >= 0.6 is 0 Å². The molecule has 0 unspecified atom stereocenters. The fourth-order valence-corrected chi connectivity index (χ4v) is 3.20. The Labute approximate surface area is 167 Å². The van der Waals surface area contributed by atoms with Crippen molar-refractivity contribution in [2.75, 3.05) is 65.3 Å². The second kappa shape index (κ2) is 9.12. The lowest BCUT2D eigenvalue weighted by atomic mass is 10.1. The lowest BCUT2D eigenvalue weighted by molar-refractivity contribution is 0.0950. The van der Waals surface area contributed by atoms with Gasteiger partial charge in [-0.05, 0) is 34.1 Å². The van der Waals surface area contributed by atoms with E-state index in [-0.39, 0.29) is 5.91 Å². The average Bonchev–Trinajstić information content (AvgIpc) is 2.68. The maximum Gasteiger partial charge on any atom is 0.256 e. The largest absolute Gasteiger partial charge is 0.353 e. The van der Waals surface area contributed by atoms with Gasteiger partial charge in [-0.2, -0.15) is 0 Å². The van der Waals surface area contributed by atoms with Gasteiger partial charge < -0.3 is 20.0 Å². The second-order valence-corrected chi connectivity index (χ2v) is 7.65. The van der Waals surface area contributed by atoms with E-state index in [0.717, 1.165) is 49.7 Å². The molecule has 0 bridgehead atoms. The predicted octanol–water partition coefficient (Wildman–Crippen LogP) is 1.50. The Morgan fingerprint density at radius 1 is 1.21 bits per heavy atom. The maximum atomic E-state index is 12.8. The number of benzene rings is 1. The first-order valence-electron chi connectivity index (χ1n) is 9.74. The number of anilines is 1. The molecule has 1 aromatic heterocycles. The van der Waals surface area contributed by atoms with Gasteiger partial charge in [-0.15, -0.1) is 0 Å². The minimum absolute atomic E-state index is 0.119. The smallest absolute Gasteiger partial charge is 0.256 e. The van der Waals surface area contributed by atoms with Gasteiger partial charge in [0.2, 0.25) is 0 Å². The molecule has 0 atom stereocenters. The summed E-state index contributed by atoms with van der Waals surface area (Å²) in [5, 5.41) is 2.99. The molecule has 28 heavy (non-hydrogen) atoms. The van der Waals surface area contributed by atoms with Crippen molar-refractivity contribution in [1.29, 1.82) is 0 Å². The molecule has 1 aliphatic heterocycles. The van der Waals surface area contributed by atoms with Crippen molar-refractivity contribution in [3.63, 3.8) is 0 Å². The zero-order chi connectivity index (χ0) is 20.1. The maximum absolute atomic E-state index is 12.8. The van der Waals surface area contributed by atoms with Crippen LogP contribution < -0.4 is 10.2 Å². The molecule has 1 aliphatic rings. The highest BCUT2D eigenvalue weighted by Crippen LogP contribution is 2.24. The molecular formula is C21H30N6O. The fraction of sp³-hybridized carbons (Fsp3) is 0.476. The normalized spacial score (nSPS) is 15.1. The summed E-state index contributed by atoms with van der Waals surface area (Å²) in [7, 11) is 6.09. The van der Waals surface area contributed by atoms with Crippen LogP contribution in [-0.2, 0) is 0 Å². The Balaban J connectivity index is 1.90. The number of rotatable bonds is 6. The number of amides is 1. The van der Waals surface area contributed by atoms with E-state index in [1.54, 1.807) is 6.20 Å². The van der Waals surface area contributed by atoms with Gasteiger partial charge in [0.25, 0.3) is 5.91 Å². The highest BCUT2D eigenvalue weighted by Gasteiger charge is 2.23. The molecule has 1 fully saturated rings. The van der Waals surface area contributed by atoms with Gasteiger partial charge in [0.15, 0.2) is 5.82 Å². The van der Waals surface area contributed by atoms with Crippen LogP contribution in [-0.4, -0.2) is 86.1 Å². The second-order valence-electron chi connectivity index (χ2n) is 7.65. The molecule has 0 spiro atoms. The monoisotopic (exact) mass is 382 g/mol. The van der Waals surface area contributed by atoms with Gasteiger partial charge in [0.1, 0.15) is 11.4 Å². The van der Waals surface area contributed by atoms with Crippen LogP contribution in [0, 0.1) is 6.92 Å². The average molecular weight is 383 g/mol. The van der Waals surface area contributed by atoms with Crippen LogP contribution in [0.4, 0.5) is 5.82 Å². The Morgan fingerprint density at radius 3 is 2.64 bits per heavy atom. The number of aryl methyl sites for hydroxylation is 1. The molecule has 1 saturated heterocycles. The number of hydrogen-bond donors (Lipinski definition) is 1. The molecule has 1 amide bonds. The van der Waals surface area contributed by atoms with E-state index in [1.807, 2.05) is 31.1 Å². The Kier molecular flexibility index (Phi) is 6.59. The van der Waals surface area contributed by atoms with Crippen molar-refractivity contribution in [2.45, 2.75) is 6.92 Å². The Morgan fingerprint density at radius 2 is 1.96 bits per heavy atom. The first-order chi connectivity index (χ1) is 13.4.